The first kappa shape index (κ1) is 12.2. The van der Waals surface area contributed by atoms with Gasteiger partial charge in [-0.25, -0.2) is 0 Å². The predicted molar refractivity (Wildman–Crippen MR) is 57.5 cm³/mol. The van der Waals surface area contributed by atoms with Crippen LogP contribution in [-0.2, 0) is 11.8 Å². The minimum Gasteiger partial charge on any atom is -0.384 e. The number of nitrogens with two attached hydrogens (primary N) is 1. The lowest BCUT2D eigenvalue weighted by atomic mass is 9.85. The highest BCUT2D eigenvalue weighted by Crippen LogP contribution is 2.42. The molecule has 0 aliphatic carbocycles. The van der Waals surface area contributed by atoms with Gasteiger partial charge >= 0.3 is 6.18 Å². The Morgan fingerprint density at radius 3 is 2.71 bits per heavy atom. The molecular formula is C11H13F3N2O. The van der Waals surface area contributed by atoms with Crippen molar-refractivity contribution in [2.24, 2.45) is 5.73 Å². The van der Waals surface area contributed by atoms with Gasteiger partial charge in [-0.2, -0.15) is 13.2 Å². The molecule has 1 aliphatic heterocycles. The highest BCUT2D eigenvalue weighted by atomic mass is 19.4. The minimum absolute atomic E-state index is 0.0563. The van der Waals surface area contributed by atoms with Crippen LogP contribution in [0.3, 0.4) is 0 Å². The van der Waals surface area contributed by atoms with Gasteiger partial charge in [0.1, 0.15) is 5.60 Å². The molecule has 94 valence electrons. The molecule has 0 aromatic heterocycles. The predicted octanol–water partition coefficient (Wildman–Crippen LogP) is 1.67. The van der Waals surface area contributed by atoms with Crippen LogP contribution in [0.4, 0.5) is 18.9 Å². The van der Waals surface area contributed by atoms with Gasteiger partial charge in [0.2, 0.25) is 0 Å². The van der Waals surface area contributed by atoms with Crippen molar-refractivity contribution in [3.63, 3.8) is 0 Å². The topological polar surface area (TPSA) is 58.3 Å². The normalized spacial score (nSPS) is 24.1. The van der Waals surface area contributed by atoms with Crippen molar-refractivity contribution >= 4 is 5.69 Å². The average molecular weight is 246 g/mol. The van der Waals surface area contributed by atoms with Gasteiger partial charge in [0.15, 0.2) is 0 Å². The van der Waals surface area contributed by atoms with Gasteiger partial charge in [-0.3, -0.25) is 0 Å². The number of anilines is 1. The second-order valence-corrected chi connectivity index (χ2v) is 4.14. The van der Waals surface area contributed by atoms with E-state index in [1.807, 2.05) is 0 Å². The molecule has 1 heterocycles. The van der Waals surface area contributed by atoms with Crippen LogP contribution in [0.15, 0.2) is 18.2 Å². The number of alkyl halides is 3. The van der Waals surface area contributed by atoms with Crippen LogP contribution < -0.4 is 11.1 Å². The van der Waals surface area contributed by atoms with Crippen LogP contribution in [0.5, 0.6) is 0 Å². The Bertz CT molecular complexity index is 433. The number of benzene rings is 1. The smallest absolute Gasteiger partial charge is 0.384 e. The van der Waals surface area contributed by atoms with E-state index >= 15 is 0 Å². The maximum atomic E-state index is 12.8. The molecule has 6 heteroatoms. The van der Waals surface area contributed by atoms with Gasteiger partial charge in [-0.05, 0) is 12.5 Å². The van der Waals surface area contributed by atoms with Crippen LogP contribution in [0.1, 0.15) is 17.5 Å². The molecule has 0 amide bonds. The van der Waals surface area contributed by atoms with E-state index < -0.39 is 17.3 Å². The van der Waals surface area contributed by atoms with Gasteiger partial charge in [0.05, 0.1) is 11.3 Å². The van der Waals surface area contributed by atoms with Crippen LogP contribution in [-0.4, -0.2) is 18.2 Å². The summed E-state index contributed by atoms with van der Waals surface area (Å²) >= 11 is 0. The maximum absolute atomic E-state index is 12.8. The number of aliphatic hydroxyl groups is 1. The average Bonchev–Trinajstić information content (AvgIpc) is 2.28. The van der Waals surface area contributed by atoms with Crippen LogP contribution in [0.25, 0.3) is 0 Å². The van der Waals surface area contributed by atoms with Crippen molar-refractivity contribution < 1.29 is 18.3 Å². The zero-order valence-corrected chi connectivity index (χ0v) is 9.01. The Hall–Kier alpha value is -1.27. The number of hydrogen-bond donors (Lipinski definition) is 3. The van der Waals surface area contributed by atoms with Crippen LogP contribution in [0, 0.1) is 0 Å². The van der Waals surface area contributed by atoms with Crippen LogP contribution >= 0.6 is 0 Å². The maximum Gasteiger partial charge on any atom is 0.418 e. The standard InChI is InChI=1S/C11H13F3N2O/c12-11(13,14)8-3-1-2-7-9(8)16-5-4-10(7,17)6-15/h1-3,16-17H,4-6,15H2. The van der Waals surface area contributed by atoms with E-state index in [2.05, 4.69) is 5.32 Å². The number of nitrogens with one attached hydrogen (secondary N) is 1. The molecule has 3 nitrogen and oxygen atoms in total. The van der Waals surface area contributed by atoms with Gasteiger partial charge in [0, 0.05) is 18.7 Å². The third kappa shape index (κ3) is 1.98. The number of halogens is 3. The largest absolute Gasteiger partial charge is 0.418 e. The molecule has 17 heavy (non-hydrogen) atoms. The highest BCUT2D eigenvalue weighted by molar-refractivity contribution is 5.62. The summed E-state index contributed by atoms with van der Waals surface area (Å²) in [5.74, 6) is 0. The summed E-state index contributed by atoms with van der Waals surface area (Å²) < 4.78 is 38.3. The SMILES string of the molecule is NCC1(O)CCNc2c(C(F)(F)F)cccc21. The lowest BCUT2D eigenvalue weighted by molar-refractivity contribution is -0.137. The highest BCUT2D eigenvalue weighted by Gasteiger charge is 2.40. The summed E-state index contributed by atoms with van der Waals surface area (Å²) in [5, 5.41) is 12.9. The summed E-state index contributed by atoms with van der Waals surface area (Å²) in [6, 6.07) is 3.76. The molecule has 0 spiro atoms. The third-order valence-corrected chi connectivity index (χ3v) is 3.05. The number of fused-ring (bicyclic) bond motifs is 1. The first-order chi connectivity index (χ1) is 7.88. The van der Waals surface area contributed by atoms with Crippen LogP contribution in [0.2, 0.25) is 0 Å². The second kappa shape index (κ2) is 3.89. The zero-order valence-electron chi connectivity index (χ0n) is 9.01. The third-order valence-electron chi connectivity index (χ3n) is 3.05. The first-order valence-electron chi connectivity index (χ1n) is 5.25. The minimum atomic E-state index is -4.44. The fourth-order valence-corrected chi connectivity index (χ4v) is 2.11. The van der Waals surface area contributed by atoms with Crippen molar-refractivity contribution in [2.45, 2.75) is 18.2 Å². The van der Waals surface area contributed by atoms with E-state index in [1.165, 1.54) is 12.1 Å². The summed E-state index contributed by atoms with van der Waals surface area (Å²) in [5.41, 5.74) is 3.48. The van der Waals surface area contributed by atoms with Crippen molar-refractivity contribution in [3.8, 4) is 0 Å². The van der Waals surface area contributed by atoms with Crippen molar-refractivity contribution in [3.05, 3.63) is 29.3 Å². The fraction of sp³-hybridized carbons (Fsp3) is 0.455. The summed E-state index contributed by atoms with van der Waals surface area (Å²) in [7, 11) is 0. The van der Waals surface area contributed by atoms with E-state index in [0.29, 0.717) is 6.42 Å². The molecule has 1 aromatic carbocycles. The Morgan fingerprint density at radius 2 is 2.12 bits per heavy atom. The summed E-state index contributed by atoms with van der Waals surface area (Å²) in [6.45, 7) is 0.177. The van der Waals surface area contributed by atoms with Crippen molar-refractivity contribution in [1.82, 2.24) is 0 Å². The van der Waals surface area contributed by atoms with Crippen molar-refractivity contribution in [2.75, 3.05) is 18.4 Å². The van der Waals surface area contributed by atoms with Gasteiger partial charge in [-0.15, -0.1) is 0 Å². The van der Waals surface area contributed by atoms with Crippen molar-refractivity contribution in [1.29, 1.82) is 0 Å². The molecule has 0 bridgehead atoms. The molecule has 4 N–H and O–H groups in total. The lowest BCUT2D eigenvalue weighted by Crippen LogP contribution is -2.41. The Morgan fingerprint density at radius 1 is 1.41 bits per heavy atom. The lowest BCUT2D eigenvalue weighted by Gasteiger charge is -2.35. The second-order valence-electron chi connectivity index (χ2n) is 4.14. The van der Waals surface area contributed by atoms with E-state index in [1.54, 1.807) is 0 Å². The molecule has 0 fully saturated rings. The van der Waals surface area contributed by atoms with E-state index in [9.17, 15) is 18.3 Å². The Balaban J connectivity index is 2.60. The fourth-order valence-electron chi connectivity index (χ4n) is 2.11. The molecule has 1 unspecified atom stereocenters. The number of hydrogen-bond acceptors (Lipinski definition) is 3. The molecule has 1 atom stereocenters. The van der Waals surface area contributed by atoms with Gasteiger partial charge in [0.25, 0.3) is 0 Å². The van der Waals surface area contributed by atoms with E-state index in [0.717, 1.165) is 6.07 Å². The monoisotopic (exact) mass is 246 g/mol. The molecular weight excluding hydrogens is 233 g/mol. The van der Waals surface area contributed by atoms with E-state index in [-0.39, 0.29) is 24.3 Å². The number of para-hydroxylation sites is 1. The van der Waals surface area contributed by atoms with Gasteiger partial charge < -0.3 is 16.2 Å². The van der Waals surface area contributed by atoms with Gasteiger partial charge in [-0.1, -0.05) is 12.1 Å². The molecule has 0 saturated heterocycles. The molecule has 0 radical (unpaired) electrons. The quantitative estimate of drug-likeness (QED) is 0.706. The first-order valence-corrected chi connectivity index (χ1v) is 5.25. The Kier molecular flexibility index (Phi) is 2.79. The molecule has 0 saturated carbocycles. The molecule has 2 rings (SSSR count). The molecule has 1 aliphatic rings. The summed E-state index contributed by atoms with van der Waals surface area (Å²) in [4.78, 5) is 0. The zero-order chi connectivity index (χ0) is 12.7. The summed E-state index contributed by atoms with van der Waals surface area (Å²) in [6.07, 6.45) is -4.14. The number of rotatable bonds is 1. The molecule has 1 aromatic rings. The Labute approximate surface area is 96.4 Å². The van der Waals surface area contributed by atoms with E-state index in [4.69, 9.17) is 5.73 Å².